The molecular formula is C24H34N2O2. The van der Waals surface area contributed by atoms with Gasteiger partial charge in [0, 0.05) is 30.1 Å². The standard InChI is InChI=1S/C24H34N2O2/c1-8-9-23(2,3)16-11-20(27-7)22-17-13-19-15(14-25-26(19)6)10-18(17)24(4,5)28-21(22)12-16/h11-12,14,17-18H,8-10,13H2,1-7H3/t17-,18-/m1/s1. The maximum Gasteiger partial charge on any atom is 0.127 e. The van der Waals surface area contributed by atoms with Gasteiger partial charge in [-0.2, -0.15) is 5.10 Å². The van der Waals surface area contributed by atoms with E-state index in [1.165, 1.54) is 22.4 Å². The number of methoxy groups -OCH3 is 1. The number of ether oxygens (including phenoxy) is 2. The van der Waals surface area contributed by atoms with E-state index in [4.69, 9.17) is 9.47 Å². The van der Waals surface area contributed by atoms with Crippen molar-refractivity contribution in [1.82, 2.24) is 9.78 Å². The second kappa shape index (κ2) is 6.53. The Hall–Kier alpha value is -1.97. The lowest BCUT2D eigenvalue weighted by Crippen LogP contribution is -2.48. The minimum atomic E-state index is -0.219. The molecule has 0 fully saturated rings. The Morgan fingerprint density at radius 1 is 1.29 bits per heavy atom. The van der Waals surface area contributed by atoms with Crippen molar-refractivity contribution in [3.63, 3.8) is 0 Å². The number of nitrogens with zero attached hydrogens (tertiary/aromatic N) is 2. The summed E-state index contributed by atoms with van der Waals surface area (Å²) in [5.41, 5.74) is 5.14. The van der Waals surface area contributed by atoms with Gasteiger partial charge >= 0.3 is 0 Å². The lowest BCUT2D eigenvalue weighted by molar-refractivity contribution is 0.00509. The molecule has 1 aromatic heterocycles. The summed E-state index contributed by atoms with van der Waals surface area (Å²) >= 11 is 0. The highest BCUT2D eigenvalue weighted by Crippen LogP contribution is 2.54. The zero-order chi connectivity index (χ0) is 20.3. The third kappa shape index (κ3) is 2.92. The summed E-state index contributed by atoms with van der Waals surface area (Å²) in [7, 11) is 3.84. The van der Waals surface area contributed by atoms with Crippen LogP contribution in [0.5, 0.6) is 11.5 Å². The first-order chi connectivity index (χ1) is 13.2. The molecule has 1 aliphatic carbocycles. The first-order valence-electron chi connectivity index (χ1n) is 10.6. The second-order valence-electron chi connectivity index (χ2n) is 9.79. The van der Waals surface area contributed by atoms with Crippen molar-refractivity contribution in [2.45, 2.75) is 77.2 Å². The molecule has 0 saturated heterocycles. The van der Waals surface area contributed by atoms with Crippen molar-refractivity contribution in [1.29, 1.82) is 0 Å². The number of benzene rings is 1. The fourth-order valence-electron chi connectivity index (χ4n) is 5.44. The van der Waals surface area contributed by atoms with Crippen LogP contribution in [-0.2, 0) is 25.3 Å². The molecule has 0 saturated carbocycles. The molecule has 28 heavy (non-hydrogen) atoms. The Bertz CT molecular complexity index is 894. The number of fused-ring (bicyclic) bond motifs is 4. The molecule has 0 radical (unpaired) electrons. The molecule has 2 atom stereocenters. The predicted molar refractivity (Wildman–Crippen MR) is 112 cm³/mol. The number of aromatic nitrogens is 2. The van der Waals surface area contributed by atoms with E-state index < -0.39 is 0 Å². The Morgan fingerprint density at radius 3 is 2.71 bits per heavy atom. The summed E-state index contributed by atoms with van der Waals surface area (Å²) in [6.45, 7) is 11.4. The normalized spacial score (nSPS) is 22.7. The van der Waals surface area contributed by atoms with E-state index in [9.17, 15) is 0 Å². The lowest BCUT2D eigenvalue weighted by Gasteiger charge is -2.48. The minimum absolute atomic E-state index is 0.100. The highest BCUT2D eigenvalue weighted by molar-refractivity contribution is 5.55. The van der Waals surface area contributed by atoms with E-state index in [0.717, 1.165) is 37.2 Å². The summed E-state index contributed by atoms with van der Waals surface area (Å²) in [6.07, 6.45) is 6.33. The number of rotatable bonds is 4. The number of hydrogen-bond acceptors (Lipinski definition) is 3. The van der Waals surface area contributed by atoms with Crippen molar-refractivity contribution in [3.8, 4) is 11.5 Å². The van der Waals surface area contributed by atoms with Gasteiger partial charge in [-0.3, -0.25) is 4.68 Å². The van der Waals surface area contributed by atoms with Crippen LogP contribution in [0.3, 0.4) is 0 Å². The van der Waals surface area contributed by atoms with Crippen LogP contribution < -0.4 is 9.47 Å². The number of aryl methyl sites for hydroxylation is 1. The van der Waals surface area contributed by atoms with Gasteiger partial charge in [0.2, 0.25) is 0 Å². The first kappa shape index (κ1) is 19.4. The van der Waals surface area contributed by atoms with Gasteiger partial charge in [-0.15, -0.1) is 0 Å². The van der Waals surface area contributed by atoms with Crippen LogP contribution in [0.4, 0.5) is 0 Å². The summed E-state index contributed by atoms with van der Waals surface area (Å²) in [5.74, 6) is 2.79. The maximum absolute atomic E-state index is 6.66. The average molecular weight is 383 g/mol. The van der Waals surface area contributed by atoms with Crippen LogP contribution in [0.1, 0.15) is 75.8 Å². The van der Waals surface area contributed by atoms with Crippen LogP contribution in [0.15, 0.2) is 18.3 Å². The second-order valence-corrected chi connectivity index (χ2v) is 9.79. The van der Waals surface area contributed by atoms with E-state index >= 15 is 0 Å². The van der Waals surface area contributed by atoms with Crippen molar-refractivity contribution >= 4 is 0 Å². The Morgan fingerprint density at radius 2 is 2.04 bits per heavy atom. The van der Waals surface area contributed by atoms with Crippen molar-refractivity contribution in [3.05, 3.63) is 40.7 Å². The van der Waals surface area contributed by atoms with Gasteiger partial charge in [-0.1, -0.05) is 27.2 Å². The molecule has 1 aliphatic heterocycles. The van der Waals surface area contributed by atoms with E-state index in [2.05, 4.69) is 58.9 Å². The van der Waals surface area contributed by atoms with E-state index in [0.29, 0.717) is 11.8 Å². The van der Waals surface area contributed by atoms with Gasteiger partial charge in [-0.25, -0.2) is 0 Å². The third-order valence-electron chi connectivity index (χ3n) is 7.10. The van der Waals surface area contributed by atoms with E-state index in [1.807, 2.05) is 10.9 Å². The van der Waals surface area contributed by atoms with Crippen LogP contribution in [0.2, 0.25) is 0 Å². The monoisotopic (exact) mass is 382 g/mol. The number of hydrogen-bond donors (Lipinski definition) is 0. The fourth-order valence-corrected chi connectivity index (χ4v) is 5.44. The van der Waals surface area contributed by atoms with Gasteiger partial charge in [-0.05, 0) is 61.8 Å². The lowest BCUT2D eigenvalue weighted by atomic mass is 9.65. The van der Waals surface area contributed by atoms with Crippen molar-refractivity contribution in [2.75, 3.05) is 7.11 Å². The van der Waals surface area contributed by atoms with Crippen LogP contribution in [0, 0.1) is 5.92 Å². The molecule has 152 valence electrons. The third-order valence-corrected chi connectivity index (χ3v) is 7.10. The minimum Gasteiger partial charge on any atom is -0.496 e. The Labute approximate surface area is 169 Å². The molecule has 2 aliphatic rings. The Balaban J connectivity index is 1.86. The molecule has 4 nitrogen and oxygen atoms in total. The first-order valence-corrected chi connectivity index (χ1v) is 10.6. The summed E-state index contributed by atoms with van der Waals surface area (Å²) < 4.78 is 14.6. The van der Waals surface area contributed by atoms with Crippen molar-refractivity contribution in [2.24, 2.45) is 13.0 Å². The predicted octanol–water partition coefficient (Wildman–Crippen LogP) is 5.18. The molecule has 4 heteroatoms. The van der Waals surface area contributed by atoms with Gasteiger partial charge in [0.05, 0.1) is 13.3 Å². The highest BCUT2D eigenvalue weighted by Gasteiger charge is 2.48. The largest absolute Gasteiger partial charge is 0.496 e. The zero-order valence-electron chi connectivity index (χ0n) is 18.4. The molecule has 0 amide bonds. The maximum atomic E-state index is 6.66. The summed E-state index contributed by atoms with van der Waals surface area (Å²) in [5, 5.41) is 4.51. The van der Waals surface area contributed by atoms with Gasteiger partial charge < -0.3 is 9.47 Å². The summed E-state index contributed by atoms with van der Waals surface area (Å²) in [6, 6.07) is 4.54. The van der Waals surface area contributed by atoms with E-state index in [1.54, 1.807) is 7.11 Å². The van der Waals surface area contributed by atoms with Gasteiger partial charge in [0.25, 0.3) is 0 Å². The smallest absolute Gasteiger partial charge is 0.127 e. The SMILES string of the molecule is CCCC(C)(C)c1cc(OC)c2c(c1)OC(C)(C)[C@@H]1Cc3cnn(C)c3C[C@@H]21. The quantitative estimate of drug-likeness (QED) is 0.731. The average Bonchev–Trinajstić information content (AvgIpc) is 2.99. The van der Waals surface area contributed by atoms with Crippen LogP contribution >= 0.6 is 0 Å². The molecule has 4 rings (SSSR count). The molecule has 0 spiro atoms. The highest BCUT2D eigenvalue weighted by atomic mass is 16.5. The van der Waals surface area contributed by atoms with Crippen LogP contribution in [0.25, 0.3) is 0 Å². The van der Waals surface area contributed by atoms with Gasteiger partial charge in [0.1, 0.15) is 17.1 Å². The fraction of sp³-hybridized carbons (Fsp3) is 0.625. The van der Waals surface area contributed by atoms with Crippen molar-refractivity contribution < 1.29 is 9.47 Å². The molecule has 1 aromatic carbocycles. The van der Waals surface area contributed by atoms with E-state index in [-0.39, 0.29) is 11.0 Å². The molecule has 0 N–H and O–H groups in total. The molecule has 0 bridgehead atoms. The Kier molecular flexibility index (Phi) is 4.52. The topological polar surface area (TPSA) is 36.3 Å². The molecule has 2 aromatic rings. The molecule has 2 heterocycles. The molecular weight excluding hydrogens is 348 g/mol. The zero-order valence-corrected chi connectivity index (χ0v) is 18.4. The van der Waals surface area contributed by atoms with Crippen LogP contribution in [-0.4, -0.2) is 22.5 Å². The molecule has 0 unspecified atom stereocenters. The summed E-state index contributed by atoms with van der Waals surface area (Å²) in [4.78, 5) is 0. The van der Waals surface area contributed by atoms with Gasteiger partial charge in [0.15, 0.2) is 0 Å².